The highest BCUT2D eigenvalue weighted by atomic mass is 16.2. The van der Waals surface area contributed by atoms with Crippen molar-refractivity contribution in [3.8, 4) is 11.3 Å². The van der Waals surface area contributed by atoms with Crippen molar-refractivity contribution >= 4 is 45.7 Å². The lowest BCUT2D eigenvalue weighted by Gasteiger charge is -2.11. The quantitative estimate of drug-likeness (QED) is 0.158. The van der Waals surface area contributed by atoms with Gasteiger partial charge < -0.3 is 25.8 Å². The fraction of sp³-hybridized carbons (Fsp3) is 0.152. The number of anilines is 4. The van der Waals surface area contributed by atoms with Crippen molar-refractivity contribution in [3.05, 3.63) is 108 Å². The molecule has 0 aliphatic carbocycles. The van der Waals surface area contributed by atoms with E-state index in [0.717, 1.165) is 33.4 Å². The number of fused-ring (bicyclic) bond motifs is 1. The largest absolute Gasteiger partial charge is 0.360 e. The van der Waals surface area contributed by atoms with Crippen LogP contribution in [0.25, 0.3) is 22.2 Å². The van der Waals surface area contributed by atoms with E-state index in [-0.39, 0.29) is 11.8 Å². The Balaban J connectivity index is 1.25. The third-order valence-corrected chi connectivity index (χ3v) is 6.60. The van der Waals surface area contributed by atoms with Crippen molar-refractivity contribution < 1.29 is 9.59 Å². The molecule has 42 heavy (non-hydrogen) atoms. The number of aromatic nitrogens is 3. The number of nitrogens with one attached hydrogen (secondary N) is 4. The molecule has 2 amide bonds. The van der Waals surface area contributed by atoms with Gasteiger partial charge >= 0.3 is 0 Å². The Hall–Kier alpha value is -5.28. The monoisotopic (exact) mass is 559 g/mol. The SMILES string of the molecule is Cc1ccc2[nH]cc(-c3nc(Nc4cccc(NC(=O)c5ccc(NC(=O)C=CCN(C)C)cc5)c4)ncc3C)c2c1. The normalized spacial score (nSPS) is 11.3. The van der Waals surface area contributed by atoms with Crippen LogP contribution >= 0.6 is 0 Å². The van der Waals surface area contributed by atoms with E-state index >= 15 is 0 Å². The highest BCUT2D eigenvalue weighted by molar-refractivity contribution is 6.05. The minimum atomic E-state index is -0.264. The van der Waals surface area contributed by atoms with Gasteiger partial charge in [0.05, 0.1) is 5.69 Å². The van der Waals surface area contributed by atoms with E-state index in [1.54, 1.807) is 36.5 Å². The van der Waals surface area contributed by atoms with E-state index in [9.17, 15) is 9.59 Å². The van der Waals surface area contributed by atoms with Gasteiger partial charge in [-0.05, 0) is 88.1 Å². The van der Waals surface area contributed by atoms with Crippen molar-refractivity contribution in [1.82, 2.24) is 19.9 Å². The van der Waals surface area contributed by atoms with E-state index in [1.807, 2.05) is 56.4 Å². The molecular formula is C33H33N7O2. The van der Waals surface area contributed by atoms with E-state index in [0.29, 0.717) is 29.4 Å². The Morgan fingerprint density at radius 2 is 1.71 bits per heavy atom. The molecule has 4 N–H and O–H groups in total. The number of hydrogen-bond acceptors (Lipinski definition) is 6. The summed E-state index contributed by atoms with van der Waals surface area (Å²) in [6, 6.07) is 20.4. The number of likely N-dealkylation sites (N-methyl/N-ethyl adjacent to an activating group) is 1. The van der Waals surface area contributed by atoms with Crippen molar-refractivity contribution in [2.45, 2.75) is 13.8 Å². The van der Waals surface area contributed by atoms with Gasteiger partial charge in [-0.15, -0.1) is 0 Å². The summed E-state index contributed by atoms with van der Waals surface area (Å²) in [6.45, 7) is 4.74. The average Bonchev–Trinajstić information content (AvgIpc) is 3.37. The maximum atomic E-state index is 12.9. The lowest BCUT2D eigenvalue weighted by molar-refractivity contribution is -0.111. The van der Waals surface area contributed by atoms with Crippen molar-refractivity contribution in [3.63, 3.8) is 0 Å². The van der Waals surface area contributed by atoms with Crippen LogP contribution in [0.4, 0.5) is 23.0 Å². The summed E-state index contributed by atoms with van der Waals surface area (Å²) in [5.41, 5.74) is 7.49. The van der Waals surface area contributed by atoms with Gasteiger partial charge in [-0.2, -0.15) is 0 Å². The first-order valence-corrected chi connectivity index (χ1v) is 13.6. The predicted molar refractivity (Wildman–Crippen MR) is 169 cm³/mol. The molecule has 2 heterocycles. The first-order valence-electron chi connectivity index (χ1n) is 13.6. The summed E-state index contributed by atoms with van der Waals surface area (Å²) in [4.78, 5) is 39.5. The molecule has 0 radical (unpaired) electrons. The minimum Gasteiger partial charge on any atom is -0.360 e. The number of hydrogen-bond donors (Lipinski definition) is 4. The highest BCUT2D eigenvalue weighted by Crippen LogP contribution is 2.31. The maximum Gasteiger partial charge on any atom is 0.255 e. The molecule has 0 unspecified atom stereocenters. The summed E-state index contributed by atoms with van der Waals surface area (Å²) in [6.07, 6.45) is 7.06. The molecule has 0 aliphatic rings. The number of carbonyl (C=O) groups excluding carboxylic acids is 2. The van der Waals surface area contributed by atoms with Crippen LogP contribution in [0.3, 0.4) is 0 Å². The third-order valence-electron chi connectivity index (χ3n) is 6.60. The summed E-state index contributed by atoms with van der Waals surface area (Å²) < 4.78 is 0. The molecule has 0 spiro atoms. The molecule has 0 saturated carbocycles. The second-order valence-corrected chi connectivity index (χ2v) is 10.4. The van der Waals surface area contributed by atoms with Gasteiger partial charge in [0.1, 0.15) is 0 Å². The number of rotatable bonds is 9. The lowest BCUT2D eigenvalue weighted by Crippen LogP contribution is -2.13. The van der Waals surface area contributed by atoms with Crippen molar-refractivity contribution in [1.29, 1.82) is 0 Å². The summed E-state index contributed by atoms with van der Waals surface area (Å²) >= 11 is 0. The Morgan fingerprint density at radius 1 is 0.929 bits per heavy atom. The smallest absolute Gasteiger partial charge is 0.255 e. The molecule has 9 heteroatoms. The van der Waals surface area contributed by atoms with E-state index in [2.05, 4.69) is 51.0 Å². The summed E-state index contributed by atoms with van der Waals surface area (Å²) in [7, 11) is 3.86. The van der Waals surface area contributed by atoms with Gasteiger partial charge in [-0.3, -0.25) is 9.59 Å². The molecule has 2 aromatic heterocycles. The van der Waals surface area contributed by atoms with Gasteiger partial charge in [0, 0.05) is 64.1 Å². The molecular weight excluding hydrogens is 526 g/mol. The number of carbonyl (C=O) groups is 2. The van der Waals surface area contributed by atoms with Crippen LogP contribution in [0.2, 0.25) is 0 Å². The minimum absolute atomic E-state index is 0.223. The van der Waals surface area contributed by atoms with Crippen molar-refractivity contribution in [2.75, 3.05) is 36.6 Å². The van der Waals surface area contributed by atoms with E-state index in [1.165, 1.54) is 11.6 Å². The first-order chi connectivity index (χ1) is 20.2. The Morgan fingerprint density at radius 3 is 2.50 bits per heavy atom. The average molecular weight is 560 g/mol. The fourth-order valence-electron chi connectivity index (χ4n) is 4.47. The Bertz CT molecular complexity index is 1770. The van der Waals surface area contributed by atoms with Crippen molar-refractivity contribution in [2.24, 2.45) is 0 Å². The van der Waals surface area contributed by atoms with Gasteiger partial charge in [0.15, 0.2) is 0 Å². The zero-order valence-electron chi connectivity index (χ0n) is 24.0. The first kappa shape index (κ1) is 28.3. The molecule has 0 saturated heterocycles. The standard InChI is InChI=1S/C33H33N7O2/c1-21-10-15-29-27(17-21)28(20-34-29)31-22(2)19-35-33(39-31)38-26-8-5-7-25(18-26)37-32(42)23-11-13-24(14-12-23)36-30(41)9-6-16-40(3)4/h5-15,17-20,34H,16H2,1-4H3,(H,36,41)(H,37,42)(H,35,38,39). The van der Waals surface area contributed by atoms with Gasteiger partial charge in [-0.1, -0.05) is 23.8 Å². The summed E-state index contributed by atoms with van der Waals surface area (Å²) in [5, 5.41) is 10.1. The number of amides is 2. The van der Waals surface area contributed by atoms with Crippen LogP contribution in [-0.4, -0.2) is 52.3 Å². The van der Waals surface area contributed by atoms with Gasteiger partial charge in [0.25, 0.3) is 5.91 Å². The summed E-state index contributed by atoms with van der Waals surface area (Å²) in [5.74, 6) is -0.0331. The van der Waals surface area contributed by atoms with Crippen LogP contribution in [0.1, 0.15) is 21.5 Å². The number of benzene rings is 3. The molecule has 9 nitrogen and oxygen atoms in total. The number of nitrogens with zero attached hydrogens (tertiary/aromatic N) is 3. The molecule has 0 atom stereocenters. The second-order valence-electron chi connectivity index (χ2n) is 10.4. The topological polar surface area (TPSA) is 115 Å². The zero-order valence-corrected chi connectivity index (χ0v) is 24.0. The van der Waals surface area contributed by atoms with Crippen LogP contribution in [-0.2, 0) is 4.79 Å². The molecule has 0 bridgehead atoms. The molecule has 0 fully saturated rings. The maximum absolute atomic E-state index is 12.9. The Labute approximate surface area is 244 Å². The van der Waals surface area contributed by atoms with E-state index in [4.69, 9.17) is 4.98 Å². The number of H-pyrrole nitrogens is 1. The third kappa shape index (κ3) is 6.89. The molecule has 5 aromatic rings. The van der Waals surface area contributed by atoms with Crippen LogP contribution in [0.5, 0.6) is 0 Å². The van der Waals surface area contributed by atoms with Gasteiger partial charge in [-0.25, -0.2) is 9.97 Å². The van der Waals surface area contributed by atoms with Gasteiger partial charge in [0.2, 0.25) is 11.9 Å². The Kier molecular flexibility index (Phi) is 8.40. The zero-order chi connectivity index (χ0) is 29.6. The molecule has 3 aromatic carbocycles. The van der Waals surface area contributed by atoms with Crippen LogP contribution < -0.4 is 16.0 Å². The number of aromatic amines is 1. The lowest BCUT2D eigenvalue weighted by atomic mass is 10.1. The highest BCUT2D eigenvalue weighted by Gasteiger charge is 2.13. The molecule has 0 aliphatic heterocycles. The van der Waals surface area contributed by atoms with E-state index < -0.39 is 0 Å². The molecule has 5 rings (SSSR count). The number of aryl methyl sites for hydroxylation is 2. The second kappa shape index (κ2) is 12.5. The predicted octanol–water partition coefficient (Wildman–Crippen LogP) is 6.29. The molecule has 212 valence electrons. The van der Waals surface area contributed by atoms with Crippen LogP contribution in [0, 0.1) is 13.8 Å². The van der Waals surface area contributed by atoms with Crippen LogP contribution in [0.15, 0.2) is 91.3 Å². The fourth-order valence-corrected chi connectivity index (χ4v) is 4.47.